The van der Waals surface area contributed by atoms with Crippen molar-refractivity contribution in [2.45, 2.75) is 19.4 Å². The molecule has 0 bridgehead atoms. The molecule has 16 heavy (non-hydrogen) atoms. The molecule has 0 aliphatic rings. The Balaban J connectivity index is 2.85. The van der Waals surface area contributed by atoms with Gasteiger partial charge >= 0.3 is 0 Å². The van der Waals surface area contributed by atoms with Crippen molar-refractivity contribution in [2.24, 2.45) is 0 Å². The van der Waals surface area contributed by atoms with Gasteiger partial charge in [0.2, 0.25) is 5.91 Å². The molecule has 0 saturated carbocycles. The lowest BCUT2D eigenvalue weighted by Crippen LogP contribution is -2.47. The van der Waals surface area contributed by atoms with Crippen molar-refractivity contribution in [1.82, 2.24) is 5.32 Å². The summed E-state index contributed by atoms with van der Waals surface area (Å²) in [5, 5.41) is 6.28. The maximum atomic E-state index is 11.9. The van der Waals surface area contributed by atoms with Crippen LogP contribution in [0.4, 0.5) is 5.69 Å². The number of carbonyl (C=O) groups is 1. The van der Waals surface area contributed by atoms with Crippen LogP contribution in [-0.4, -0.2) is 18.5 Å². The molecular formula is C11H14ClIN2O. The van der Waals surface area contributed by atoms with Crippen LogP contribution < -0.4 is 10.6 Å². The number of halogens is 2. The van der Waals surface area contributed by atoms with Crippen LogP contribution in [0.25, 0.3) is 0 Å². The molecule has 0 saturated heterocycles. The number of likely N-dealkylation sites (N-methyl/N-ethyl adjacent to an activating group) is 1. The standard InChI is InChI=1S/C11H14ClIN2O/c1-11(2,14-3)10(16)15-9-5-4-7(13)6-8(9)12/h4-6,14H,1-3H3,(H,15,16). The monoisotopic (exact) mass is 352 g/mol. The van der Waals surface area contributed by atoms with Gasteiger partial charge in [-0.2, -0.15) is 0 Å². The highest BCUT2D eigenvalue weighted by molar-refractivity contribution is 14.1. The van der Waals surface area contributed by atoms with E-state index in [1.54, 1.807) is 13.1 Å². The number of carbonyl (C=O) groups excluding carboxylic acids is 1. The predicted octanol–water partition coefficient (Wildman–Crippen LogP) is 2.88. The van der Waals surface area contributed by atoms with E-state index in [0.29, 0.717) is 10.7 Å². The lowest BCUT2D eigenvalue weighted by molar-refractivity contribution is -0.121. The van der Waals surface area contributed by atoms with Gasteiger partial charge in [-0.05, 0) is 61.7 Å². The van der Waals surface area contributed by atoms with Crippen LogP contribution in [0, 0.1) is 3.57 Å². The summed E-state index contributed by atoms with van der Waals surface area (Å²) in [4.78, 5) is 11.9. The topological polar surface area (TPSA) is 41.1 Å². The van der Waals surface area contributed by atoms with Crippen molar-refractivity contribution in [3.63, 3.8) is 0 Å². The van der Waals surface area contributed by atoms with Gasteiger partial charge in [-0.15, -0.1) is 0 Å². The van der Waals surface area contributed by atoms with Crippen LogP contribution >= 0.6 is 34.2 Å². The van der Waals surface area contributed by atoms with Crippen molar-refractivity contribution in [3.05, 3.63) is 26.8 Å². The molecule has 0 fully saturated rings. The van der Waals surface area contributed by atoms with Gasteiger partial charge < -0.3 is 10.6 Å². The number of hydrogen-bond acceptors (Lipinski definition) is 2. The minimum atomic E-state index is -0.619. The highest BCUT2D eigenvalue weighted by atomic mass is 127. The van der Waals surface area contributed by atoms with Gasteiger partial charge in [-0.25, -0.2) is 0 Å². The zero-order valence-electron chi connectivity index (χ0n) is 9.40. The van der Waals surface area contributed by atoms with E-state index in [0.717, 1.165) is 3.57 Å². The fourth-order valence-electron chi connectivity index (χ4n) is 0.983. The summed E-state index contributed by atoms with van der Waals surface area (Å²) in [6.07, 6.45) is 0. The Morgan fingerprint density at radius 1 is 1.44 bits per heavy atom. The van der Waals surface area contributed by atoms with Crippen LogP contribution in [-0.2, 0) is 4.79 Å². The molecule has 0 radical (unpaired) electrons. The molecule has 3 nitrogen and oxygen atoms in total. The molecule has 5 heteroatoms. The van der Waals surface area contributed by atoms with E-state index in [9.17, 15) is 4.79 Å². The molecule has 88 valence electrons. The summed E-state index contributed by atoms with van der Waals surface area (Å²) in [6.45, 7) is 3.62. The minimum Gasteiger partial charge on any atom is -0.323 e. The number of anilines is 1. The summed E-state index contributed by atoms with van der Waals surface area (Å²) in [5.41, 5.74) is 0.0159. The van der Waals surface area contributed by atoms with Gasteiger partial charge in [0.25, 0.3) is 0 Å². The van der Waals surface area contributed by atoms with Gasteiger partial charge in [0.1, 0.15) is 0 Å². The molecule has 0 aliphatic carbocycles. The average molecular weight is 353 g/mol. The normalized spacial score (nSPS) is 11.3. The van der Waals surface area contributed by atoms with E-state index in [-0.39, 0.29) is 5.91 Å². The highest BCUT2D eigenvalue weighted by Gasteiger charge is 2.25. The highest BCUT2D eigenvalue weighted by Crippen LogP contribution is 2.24. The first-order valence-electron chi connectivity index (χ1n) is 4.82. The Kier molecular flexibility index (Phi) is 4.58. The van der Waals surface area contributed by atoms with E-state index in [4.69, 9.17) is 11.6 Å². The molecule has 1 aromatic carbocycles. The maximum Gasteiger partial charge on any atom is 0.244 e. The van der Waals surface area contributed by atoms with Crippen LogP contribution in [0.3, 0.4) is 0 Å². The summed E-state index contributed by atoms with van der Waals surface area (Å²) in [6, 6.07) is 5.51. The fourth-order valence-corrected chi connectivity index (χ4v) is 1.89. The summed E-state index contributed by atoms with van der Waals surface area (Å²) < 4.78 is 1.04. The van der Waals surface area contributed by atoms with Crippen molar-refractivity contribution in [2.75, 3.05) is 12.4 Å². The molecule has 2 N–H and O–H groups in total. The second kappa shape index (κ2) is 5.33. The summed E-state index contributed by atoms with van der Waals surface area (Å²) in [5.74, 6) is -0.113. The second-order valence-corrected chi connectivity index (χ2v) is 5.61. The Bertz CT molecular complexity index is 407. The Morgan fingerprint density at radius 2 is 2.06 bits per heavy atom. The quantitative estimate of drug-likeness (QED) is 0.821. The lowest BCUT2D eigenvalue weighted by atomic mass is 10.1. The molecule has 0 atom stereocenters. The first-order valence-corrected chi connectivity index (χ1v) is 6.28. The SMILES string of the molecule is CNC(C)(C)C(=O)Nc1ccc(I)cc1Cl. The van der Waals surface area contributed by atoms with Gasteiger partial charge in [-0.3, -0.25) is 4.79 Å². The third kappa shape index (κ3) is 3.33. The molecule has 0 aromatic heterocycles. The van der Waals surface area contributed by atoms with Gasteiger partial charge in [0, 0.05) is 3.57 Å². The summed E-state index contributed by atoms with van der Waals surface area (Å²) >= 11 is 8.20. The zero-order valence-corrected chi connectivity index (χ0v) is 12.3. The Labute approximate surface area is 114 Å². The predicted molar refractivity (Wildman–Crippen MR) is 75.9 cm³/mol. The van der Waals surface area contributed by atoms with Crippen molar-refractivity contribution in [3.8, 4) is 0 Å². The first kappa shape index (κ1) is 13.7. The molecule has 0 unspecified atom stereocenters. The van der Waals surface area contributed by atoms with Crippen molar-refractivity contribution >= 4 is 45.8 Å². The van der Waals surface area contributed by atoms with Crippen molar-refractivity contribution < 1.29 is 4.79 Å². The Hall–Kier alpha value is -0.330. The van der Waals surface area contributed by atoms with E-state index in [1.165, 1.54) is 0 Å². The average Bonchev–Trinajstić information content (AvgIpc) is 2.22. The van der Waals surface area contributed by atoms with Crippen molar-refractivity contribution in [1.29, 1.82) is 0 Å². The molecule has 1 rings (SSSR count). The molecule has 0 aliphatic heterocycles. The minimum absolute atomic E-state index is 0.113. The van der Waals surface area contributed by atoms with E-state index < -0.39 is 5.54 Å². The third-order valence-electron chi connectivity index (χ3n) is 2.37. The zero-order chi connectivity index (χ0) is 12.3. The number of rotatable bonds is 3. The van der Waals surface area contributed by atoms with Gasteiger partial charge in [-0.1, -0.05) is 11.6 Å². The van der Waals surface area contributed by atoms with Gasteiger partial charge in [0.15, 0.2) is 0 Å². The molecule has 0 spiro atoms. The van der Waals surface area contributed by atoms with Gasteiger partial charge in [0.05, 0.1) is 16.2 Å². The number of benzene rings is 1. The summed E-state index contributed by atoms with van der Waals surface area (Å²) in [7, 11) is 1.75. The van der Waals surface area contributed by atoms with Crippen LogP contribution in [0.2, 0.25) is 5.02 Å². The Morgan fingerprint density at radius 3 is 2.56 bits per heavy atom. The van der Waals surface area contributed by atoms with Crippen LogP contribution in [0.15, 0.2) is 18.2 Å². The molecule has 1 aromatic rings. The van der Waals surface area contributed by atoms with E-state index >= 15 is 0 Å². The second-order valence-electron chi connectivity index (χ2n) is 3.95. The van der Waals surface area contributed by atoms with Crippen LogP contribution in [0.1, 0.15) is 13.8 Å². The van der Waals surface area contributed by atoms with E-state index in [2.05, 4.69) is 33.2 Å². The largest absolute Gasteiger partial charge is 0.323 e. The van der Waals surface area contributed by atoms with E-state index in [1.807, 2.05) is 26.0 Å². The fraction of sp³-hybridized carbons (Fsp3) is 0.364. The lowest BCUT2D eigenvalue weighted by Gasteiger charge is -2.23. The third-order valence-corrected chi connectivity index (χ3v) is 3.36. The maximum absolute atomic E-state index is 11.9. The smallest absolute Gasteiger partial charge is 0.244 e. The molecule has 0 heterocycles. The number of hydrogen-bond donors (Lipinski definition) is 2. The molecular weight excluding hydrogens is 338 g/mol. The first-order chi connectivity index (χ1) is 7.36. The van der Waals surface area contributed by atoms with Crippen LogP contribution in [0.5, 0.6) is 0 Å². The molecule has 1 amide bonds. The number of amides is 1. The number of nitrogens with one attached hydrogen (secondary N) is 2.